The maximum Gasteiger partial charge on any atom is 0.123 e. The third-order valence-corrected chi connectivity index (χ3v) is 4.78. The molecule has 0 heterocycles. The van der Waals surface area contributed by atoms with Gasteiger partial charge in [-0.1, -0.05) is 27.2 Å². The first-order valence-electron chi connectivity index (χ1n) is 7.24. The van der Waals surface area contributed by atoms with Crippen LogP contribution in [0.25, 0.3) is 0 Å². The van der Waals surface area contributed by atoms with Crippen molar-refractivity contribution in [3.05, 3.63) is 29.6 Å². The number of hydrogen-bond donors (Lipinski definition) is 1. The molecule has 1 rings (SSSR count). The van der Waals surface area contributed by atoms with E-state index in [0.29, 0.717) is 5.92 Å². The van der Waals surface area contributed by atoms with Gasteiger partial charge in [0.2, 0.25) is 0 Å². The Kier molecular flexibility index (Phi) is 7.47. The highest BCUT2D eigenvalue weighted by molar-refractivity contribution is 7.99. The zero-order valence-electron chi connectivity index (χ0n) is 12.5. The Morgan fingerprint density at radius 2 is 2.00 bits per heavy atom. The van der Waals surface area contributed by atoms with Gasteiger partial charge < -0.3 is 5.32 Å². The topological polar surface area (TPSA) is 12.0 Å². The van der Waals surface area contributed by atoms with E-state index in [4.69, 9.17) is 0 Å². The van der Waals surface area contributed by atoms with Crippen molar-refractivity contribution in [1.82, 2.24) is 5.32 Å². The molecule has 0 aliphatic heterocycles. The second kappa shape index (κ2) is 8.60. The lowest BCUT2D eigenvalue weighted by Gasteiger charge is -2.18. The first-order chi connectivity index (χ1) is 9.08. The molecular formula is C16H26FNS. The lowest BCUT2D eigenvalue weighted by Crippen LogP contribution is -2.20. The SMILES string of the molecule is CCCNC(C)c1cc(F)ccc1SCC(C)CC. The molecule has 108 valence electrons. The van der Waals surface area contributed by atoms with Crippen LogP contribution in [0, 0.1) is 11.7 Å². The summed E-state index contributed by atoms with van der Waals surface area (Å²) >= 11 is 1.84. The molecule has 0 aromatic heterocycles. The van der Waals surface area contributed by atoms with Crippen LogP contribution in [0.2, 0.25) is 0 Å². The van der Waals surface area contributed by atoms with Gasteiger partial charge in [0.15, 0.2) is 0 Å². The summed E-state index contributed by atoms with van der Waals surface area (Å²) in [5.41, 5.74) is 1.08. The molecule has 0 fully saturated rings. The summed E-state index contributed by atoms with van der Waals surface area (Å²) in [6.07, 6.45) is 2.28. The summed E-state index contributed by atoms with van der Waals surface area (Å²) in [5, 5.41) is 3.44. The fourth-order valence-electron chi connectivity index (χ4n) is 1.81. The van der Waals surface area contributed by atoms with Crippen molar-refractivity contribution >= 4 is 11.8 Å². The highest BCUT2D eigenvalue weighted by Crippen LogP contribution is 2.30. The quantitative estimate of drug-likeness (QED) is 0.672. The van der Waals surface area contributed by atoms with Gasteiger partial charge in [-0.3, -0.25) is 0 Å². The second-order valence-electron chi connectivity index (χ2n) is 5.18. The molecule has 1 nitrogen and oxygen atoms in total. The number of halogens is 1. The van der Waals surface area contributed by atoms with Crippen LogP contribution >= 0.6 is 11.8 Å². The average molecular weight is 283 g/mol. The molecule has 3 heteroatoms. The molecule has 0 aliphatic carbocycles. The summed E-state index contributed by atoms with van der Waals surface area (Å²) in [4.78, 5) is 1.21. The lowest BCUT2D eigenvalue weighted by atomic mass is 10.1. The predicted molar refractivity (Wildman–Crippen MR) is 83.3 cm³/mol. The average Bonchev–Trinajstić information content (AvgIpc) is 2.42. The van der Waals surface area contributed by atoms with E-state index < -0.39 is 0 Å². The van der Waals surface area contributed by atoms with E-state index in [1.54, 1.807) is 12.1 Å². The number of benzene rings is 1. The molecular weight excluding hydrogens is 257 g/mol. The molecule has 2 unspecified atom stereocenters. The molecule has 0 saturated carbocycles. The van der Waals surface area contributed by atoms with Gasteiger partial charge >= 0.3 is 0 Å². The van der Waals surface area contributed by atoms with E-state index in [1.807, 2.05) is 17.8 Å². The van der Waals surface area contributed by atoms with Crippen molar-refractivity contribution in [1.29, 1.82) is 0 Å². The fraction of sp³-hybridized carbons (Fsp3) is 0.625. The first-order valence-corrected chi connectivity index (χ1v) is 8.22. The predicted octanol–water partition coefficient (Wildman–Crippen LogP) is 5.02. The Morgan fingerprint density at radius 3 is 2.63 bits per heavy atom. The zero-order chi connectivity index (χ0) is 14.3. The summed E-state index contributed by atoms with van der Waals surface area (Å²) < 4.78 is 13.5. The van der Waals surface area contributed by atoms with Gasteiger partial charge in [0, 0.05) is 16.7 Å². The van der Waals surface area contributed by atoms with Crippen LogP contribution in [-0.2, 0) is 0 Å². The minimum absolute atomic E-state index is 0.145. The molecule has 1 N–H and O–H groups in total. The molecule has 0 bridgehead atoms. The standard InChI is InChI=1S/C16H26FNS/c1-5-9-18-13(4)15-10-14(17)7-8-16(15)19-11-12(3)6-2/h7-8,10,12-13,18H,5-6,9,11H2,1-4H3. The van der Waals surface area contributed by atoms with Crippen molar-refractivity contribution in [2.75, 3.05) is 12.3 Å². The molecule has 0 spiro atoms. The van der Waals surface area contributed by atoms with Crippen LogP contribution in [0.15, 0.2) is 23.1 Å². The van der Waals surface area contributed by atoms with Crippen molar-refractivity contribution in [2.24, 2.45) is 5.92 Å². The minimum atomic E-state index is -0.145. The van der Waals surface area contributed by atoms with Crippen LogP contribution < -0.4 is 5.32 Å². The van der Waals surface area contributed by atoms with Gasteiger partial charge in [0.25, 0.3) is 0 Å². The van der Waals surface area contributed by atoms with E-state index in [2.05, 4.69) is 33.0 Å². The first kappa shape index (κ1) is 16.5. The Balaban J connectivity index is 2.78. The van der Waals surface area contributed by atoms with Gasteiger partial charge in [0.05, 0.1) is 0 Å². The van der Waals surface area contributed by atoms with Gasteiger partial charge in [0.1, 0.15) is 5.82 Å². The van der Waals surface area contributed by atoms with Gasteiger partial charge in [-0.2, -0.15) is 0 Å². The number of nitrogens with one attached hydrogen (secondary N) is 1. The molecule has 2 atom stereocenters. The van der Waals surface area contributed by atoms with Crippen LogP contribution in [0.3, 0.4) is 0 Å². The lowest BCUT2D eigenvalue weighted by molar-refractivity contribution is 0.554. The van der Waals surface area contributed by atoms with E-state index in [1.165, 1.54) is 11.3 Å². The van der Waals surface area contributed by atoms with Crippen molar-refractivity contribution in [2.45, 2.75) is 51.5 Å². The van der Waals surface area contributed by atoms with Gasteiger partial charge in [-0.05, 0) is 49.6 Å². The Hall–Kier alpha value is -0.540. The maximum absolute atomic E-state index is 13.5. The van der Waals surface area contributed by atoms with E-state index in [0.717, 1.165) is 24.3 Å². The number of rotatable bonds is 8. The van der Waals surface area contributed by atoms with E-state index >= 15 is 0 Å². The third-order valence-electron chi connectivity index (χ3n) is 3.36. The zero-order valence-corrected chi connectivity index (χ0v) is 13.3. The fourth-order valence-corrected chi connectivity index (χ4v) is 3.08. The Labute approximate surface area is 121 Å². The van der Waals surface area contributed by atoms with Crippen LogP contribution in [0.1, 0.15) is 52.1 Å². The van der Waals surface area contributed by atoms with Gasteiger partial charge in [-0.15, -0.1) is 11.8 Å². The molecule has 0 aliphatic rings. The molecule has 1 aromatic rings. The van der Waals surface area contributed by atoms with Crippen LogP contribution in [0.4, 0.5) is 4.39 Å². The monoisotopic (exact) mass is 283 g/mol. The molecule has 19 heavy (non-hydrogen) atoms. The summed E-state index contributed by atoms with van der Waals surface area (Å²) in [6.45, 7) is 9.69. The summed E-state index contributed by atoms with van der Waals surface area (Å²) in [7, 11) is 0. The number of thioether (sulfide) groups is 1. The third kappa shape index (κ3) is 5.53. The molecule has 0 saturated heterocycles. The summed E-state index contributed by atoms with van der Waals surface area (Å²) in [6, 6.07) is 5.36. The molecule has 1 aromatic carbocycles. The minimum Gasteiger partial charge on any atom is -0.310 e. The maximum atomic E-state index is 13.5. The van der Waals surface area contributed by atoms with Crippen molar-refractivity contribution < 1.29 is 4.39 Å². The largest absolute Gasteiger partial charge is 0.310 e. The molecule has 0 amide bonds. The smallest absolute Gasteiger partial charge is 0.123 e. The Morgan fingerprint density at radius 1 is 1.26 bits per heavy atom. The van der Waals surface area contributed by atoms with Crippen LogP contribution in [-0.4, -0.2) is 12.3 Å². The second-order valence-corrected chi connectivity index (χ2v) is 6.24. The summed E-state index contributed by atoms with van der Waals surface area (Å²) in [5.74, 6) is 1.64. The van der Waals surface area contributed by atoms with E-state index in [9.17, 15) is 4.39 Å². The Bertz CT molecular complexity index is 381. The normalized spacial score (nSPS) is 14.4. The highest BCUT2D eigenvalue weighted by atomic mass is 32.2. The van der Waals surface area contributed by atoms with E-state index in [-0.39, 0.29) is 11.9 Å². The van der Waals surface area contributed by atoms with Gasteiger partial charge in [-0.25, -0.2) is 4.39 Å². The molecule has 0 radical (unpaired) electrons. The highest BCUT2D eigenvalue weighted by Gasteiger charge is 2.12. The number of hydrogen-bond acceptors (Lipinski definition) is 2. The van der Waals surface area contributed by atoms with Crippen LogP contribution in [0.5, 0.6) is 0 Å². The van der Waals surface area contributed by atoms with Crippen molar-refractivity contribution in [3.8, 4) is 0 Å². The van der Waals surface area contributed by atoms with Crippen molar-refractivity contribution in [3.63, 3.8) is 0 Å².